The summed E-state index contributed by atoms with van der Waals surface area (Å²) < 4.78 is 11.6. The highest BCUT2D eigenvalue weighted by atomic mass is 79.9. The molecule has 0 heterocycles. The second kappa shape index (κ2) is 8.49. The maximum atomic E-state index is 12.1. The van der Waals surface area contributed by atoms with Gasteiger partial charge < -0.3 is 14.8 Å². The fourth-order valence-electron chi connectivity index (χ4n) is 2.14. The Labute approximate surface area is 149 Å². The Morgan fingerprint density at radius 3 is 2.54 bits per heavy atom. The van der Waals surface area contributed by atoms with Gasteiger partial charge >= 0.3 is 0 Å². The predicted octanol–water partition coefficient (Wildman–Crippen LogP) is 3.53. The van der Waals surface area contributed by atoms with Gasteiger partial charge in [-0.2, -0.15) is 0 Å². The van der Waals surface area contributed by atoms with Gasteiger partial charge in [0.25, 0.3) is 5.91 Å². The van der Waals surface area contributed by atoms with Crippen LogP contribution in [0.2, 0.25) is 0 Å². The summed E-state index contributed by atoms with van der Waals surface area (Å²) in [6.45, 7) is 1.73. The predicted molar refractivity (Wildman–Crippen MR) is 94.6 cm³/mol. The van der Waals surface area contributed by atoms with E-state index in [0.29, 0.717) is 23.3 Å². The zero-order chi connectivity index (χ0) is 17.5. The number of ether oxygens (including phenoxy) is 2. The van der Waals surface area contributed by atoms with Crippen LogP contribution in [0.3, 0.4) is 0 Å². The first-order valence-corrected chi connectivity index (χ1v) is 8.13. The van der Waals surface area contributed by atoms with Gasteiger partial charge in [-0.25, -0.2) is 0 Å². The average molecular weight is 392 g/mol. The number of nitrogens with one attached hydrogen (secondary N) is 1. The van der Waals surface area contributed by atoms with Crippen molar-refractivity contribution in [3.63, 3.8) is 0 Å². The van der Waals surface area contributed by atoms with Crippen molar-refractivity contribution in [1.82, 2.24) is 5.32 Å². The number of amides is 1. The third kappa shape index (κ3) is 4.83. The van der Waals surface area contributed by atoms with Crippen LogP contribution in [0.5, 0.6) is 11.5 Å². The number of rotatable bonds is 7. The minimum atomic E-state index is -0.260. The van der Waals surface area contributed by atoms with E-state index in [-0.39, 0.29) is 18.6 Å². The van der Waals surface area contributed by atoms with Crippen LogP contribution in [0.4, 0.5) is 0 Å². The van der Waals surface area contributed by atoms with Crippen molar-refractivity contribution in [2.24, 2.45) is 0 Å². The molecule has 24 heavy (non-hydrogen) atoms. The van der Waals surface area contributed by atoms with Gasteiger partial charge in [0.15, 0.2) is 18.1 Å². The molecule has 2 rings (SSSR count). The average Bonchev–Trinajstić information content (AvgIpc) is 2.60. The van der Waals surface area contributed by atoms with Crippen molar-refractivity contribution in [1.29, 1.82) is 0 Å². The van der Waals surface area contributed by atoms with E-state index in [4.69, 9.17) is 9.47 Å². The fourth-order valence-corrected chi connectivity index (χ4v) is 2.40. The van der Waals surface area contributed by atoms with E-state index in [9.17, 15) is 9.59 Å². The van der Waals surface area contributed by atoms with Crippen LogP contribution in [0.25, 0.3) is 0 Å². The number of halogens is 1. The molecule has 2 aromatic rings. The zero-order valence-corrected chi connectivity index (χ0v) is 15.0. The van der Waals surface area contributed by atoms with Gasteiger partial charge in [0, 0.05) is 10.0 Å². The molecule has 5 nitrogen and oxygen atoms in total. The lowest BCUT2D eigenvalue weighted by Crippen LogP contribution is -2.31. The molecule has 0 aliphatic heterocycles. The molecule has 0 aliphatic rings. The standard InChI is InChI=1S/C18H18BrNO4/c1-12(14-4-6-15(19)7-5-14)20-18(22)11-24-17-9-13(10-21)3-8-16(17)23-2/h3-10,12H,11H2,1-2H3,(H,20,22). The van der Waals surface area contributed by atoms with Gasteiger partial charge in [0.1, 0.15) is 6.29 Å². The van der Waals surface area contributed by atoms with E-state index < -0.39 is 0 Å². The van der Waals surface area contributed by atoms with Crippen molar-refractivity contribution < 1.29 is 19.1 Å². The number of carbonyl (C=O) groups is 2. The summed E-state index contributed by atoms with van der Waals surface area (Å²) >= 11 is 3.38. The Bertz CT molecular complexity index is 715. The van der Waals surface area contributed by atoms with E-state index in [1.165, 1.54) is 13.2 Å². The summed E-state index contributed by atoms with van der Waals surface area (Å²) in [7, 11) is 1.50. The van der Waals surface area contributed by atoms with Crippen molar-refractivity contribution in [2.45, 2.75) is 13.0 Å². The highest BCUT2D eigenvalue weighted by molar-refractivity contribution is 9.10. The van der Waals surface area contributed by atoms with Crippen LogP contribution >= 0.6 is 15.9 Å². The van der Waals surface area contributed by atoms with Gasteiger partial charge in [-0.15, -0.1) is 0 Å². The summed E-state index contributed by atoms with van der Waals surface area (Å²) in [5.74, 6) is 0.562. The second-order valence-corrected chi connectivity index (χ2v) is 6.07. The molecule has 0 aromatic heterocycles. The maximum absolute atomic E-state index is 12.1. The molecular formula is C18H18BrNO4. The maximum Gasteiger partial charge on any atom is 0.258 e. The van der Waals surface area contributed by atoms with Crippen LogP contribution in [-0.2, 0) is 4.79 Å². The quantitative estimate of drug-likeness (QED) is 0.733. The molecule has 6 heteroatoms. The number of benzene rings is 2. The van der Waals surface area contributed by atoms with Crippen LogP contribution in [0.15, 0.2) is 46.9 Å². The van der Waals surface area contributed by atoms with Crippen LogP contribution in [-0.4, -0.2) is 25.9 Å². The summed E-state index contributed by atoms with van der Waals surface area (Å²) in [5.41, 5.74) is 1.45. The Morgan fingerprint density at radius 1 is 1.21 bits per heavy atom. The van der Waals surface area contributed by atoms with E-state index in [0.717, 1.165) is 10.0 Å². The Hall–Kier alpha value is -2.34. The first kappa shape index (κ1) is 18.0. The van der Waals surface area contributed by atoms with Crippen molar-refractivity contribution in [3.05, 3.63) is 58.1 Å². The van der Waals surface area contributed by atoms with Crippen LogP contribution < -0.4 is 14.8 Å². The van der Waals surface area contributed by atoms with Gasteiger partial charge in [-0.3, -0.25) is 9.59 Å². The van der Waals surface area contributed by atoms with Crippen LogP contribution in [0.1, 0.15) is 28.9 Å². The molecule has 1 atom stereocenters. The Kier molecular flexibility index (Phi) is 6.37. The monoisotopic (exact) mass is 391 g/mol. The van der Waals surface area contributed by atoms with Crippen molar-refractivity contribution in [2.75, 3.05) is 13.7 Å². The third-order valence-electron chi connectivity index (χ3n) is 3.43. The minimum absolute atomic E-state index is 0.141. The second-order valence-electron chi connectivity index (χ2n) is 5.16. The highest BCUT2D eigenvalue weighted by Crippen LogP contribution is 2.27. The lowest BCUT2D eigenvalue weighted by molar-refractivity contribution is -0.123. The lowest BCUT2D eigenvalue weighted by atomic mass is 10.1. The molecule has 2 aromatic carbocycles. The molecule has 0 saturated heterocycles. The van der Waals surface area contributed by atoms with E-state index in [1.54, 1.807) is 12.1 Å². The first-order chi connectivity index (χ1) is 11.5. The molecular weight excluding hydrogens is 374 g/mol. The molecule has 0 spiro atoms. The van der Waals surface area contributed by atoms with Gasteiger partial charge in [0.05, 0.1) is 13.2 Å². The normalized spacial score (nSPS) is 11.5. The van der Waals surface area contributed by atoms with Gasteiger partial charge in [-0.1, -0.05) is 28.1 Å². The third-order valence-corrected chi connectivity index (χ3v) is 3.96. The minimum Gasteiger partial charge on any atom is -0.493 e. The van der Waals surface area contributed by atoms with Crippen molar-refractivity contribution >= 4 is 28.1 Å². The summed E-state index contributed by atoms with van der Waals surface area (Å²) in [6.07, 6.45) is 0.710. The Morgan fingerprint density at radius 2 is 1.92 bits per heavy atom. The molecule has 0 bridgehead atoms. The molecule has 0 aliphatic carbocycles. The number of hydrogen-bond acceptors (Lipinski definition) is 4. The van der Waals surface area contributed by atoms with E-state index in [1.807, 2.05) is 31.2 Å². The van der Waals surface area contributed by atoms with Crippen molar-refractivity contribution in [3.8, 4) is 11.5 Å². The molecule has 1 unspecified atom stereocenters. The number of carbonyl (C=O) groups excluding carboxylic acids is 2. The summed E-state index contributed by atoms with van der Waals surface area (Å²) in [5, 5.41) is 2.86. The Balaban J connectivity index is 1.95. The molecule has 0 saturated carbocycles. The number of methoxy groups -OCH3 is 1. The summed E-state index contributed by atoms with van der Waals surface area (Å²) in [6, 6.07) is 12.4. The van der Waals surface area contributed by atoms with E-state index >= 15 is 0 Å². The van der Waals surface area contributed by atoms with Gasteiger partial charge in [-0.05, 0) is 42.8 Å². The van der Waals surface area contributed by atoms with Crippen LogP contribution in [0, 0.1) is 0 Å². The lowest BCUT2D eigenvalue weighted by Gasteiger charge is -2.15. The molecule has 0 fully saturated rings. The smallest absolute Gasteiger partial charge is 0.258 e. The van der Waals surface area contributed by atoms with Gasteiger partial charge in [0.2, 0.25) is 0 Å². The fraction of sp³-hybridized carbons (Fsp3) is 0.222. The molecule has 126 valence electrons. The molecule has 1 N–H and O–H groups in total. The number of hydrogen-bond donors (Lipinski definition) is 1. The topological polar surface area (TPSA) is 64.6 Å². The first-order valence-electron chi connectivity index (χ1n) is 7.34. The zero-order valence-electron chi connectivity index (χ0n) is 13.4. The largest absolute Gasteiger partial charge is 0.493 e. The molecule has 0 radical (unpaired) electrons. The number of aldehydes is 1. The SMILES string of the molecule is COc1ccc(C=O)cc1OCC(=O)NC(C)c1ccc(Br)cc1. The molecule has 1 amide bonds. The highest BCUT2D eigenvalue weighted by Gasteiger charge is 2.12. The summed E-state index contributed by atoms with van der Waals surface area (Å²) in [4.78, 5) is 22.9. The van der Waals surface area contributed by atoms with E-state index in [2.05, 4.69) is 21.2 Å².